The van der Waals surface area contributed by atoms with E-state index >= 15 is 0 Å². The monoisotopic (exact) mass is 223 g/mol. The number of thioether (sulfide) groups is 1. The van der Waals surface area contributed by atoms with Crippen molar-refractivity contribution in [2.45, 2.75) is 29.9 Å². The van der Waals surface area contributed by atoms with E-state index in [2.05, 4.69) is 18.3 Å². The van der Waals surface area contributed by atoms with E-state index in [1.807, 2.05) is 17.8 Å². The van der Waals surface area contributed by atoms with Crippen molar-refractivity contribution in [2.24, 2.45) is 0 Å². The number of fused-ring (bicyclic) bond motifs is 2. The Morgan fingerprint density at radius 2 is 2.40 bits per heavy atom. The lowest BCUT2D eigenvalue weighted by atomic mass is 10.1. The number of hydrogen-bond donors (Lipinski definition) is 1. The molecule has 1 saturated heterocycles. The van der Waals surface area contributed by atoms with E-state index in [0.717, 1.165) is 24.9 Å². The molecule has 2 atom stereocenters. The van der Waals surface area contributed by atoms with Gasteiger partial charge in [-0.25, -0.2) is 4.39 Å². The molecule has 15 heavy (non-hydrogen) atoms. The van der Waals surface area contributed by atoms with Crippen LogP contribution in [0, 0.1) is 5.82 Å². The molecule has 1 aromatic rings. The summed E-state index contributed by atoms with van der Waals surface area (Å²) in [6.45, 7) is 3.25. The highest BCUT2D eigenvalue weighted by Gasteiger charge is 2.44. The summed E-state index contributed by atoms with van der Waals surface area (Å²) >= 11 is 1.95. The van der Waals surface area contributed by atoms with Gasteiger partial charge in [0.1, 0.15) is 5.82 Å². The highest BCUT2D eigenvalue weighted by molar-refractivity contribution is 8.01. The molecule has 1 heterocycles. The smallest absolute Gasteiger partial charge is 0.126 e. The van der Waals surface area contributed by atoms with Crippen LogP contribution in [0.3, 0.4) is 0 Å². The molecule has 0 bridgehead atoms. The van der Waals surface area contributed by atoms with E-state index in [4.69, 9.17) is 0 Å². The lowest BCUT2D eigenvalue weighted by Gasteiger charge is -2.24. The standard InChI is InChI=1S/C12H14FNS/c1-8-7-14-12(15-8)6-5-9-10(12)3-2-4-11(9)13/h2-4,8,14H,5-7H2,1H3. The second-order valence-electron chi connectivity index (χ2n) is 4.40. The maximum atomic E-state index is 13.6. The van der Waals surface area contributed by atoms with Crippen molar-refractivity contribution in [3.63, 3.8) is 0 Å². The maximum Gasteiger partial charge on any atom is 0.126 e. The van der Waals surface area contributed by atoms with E-state index in [9.17, 15) is 4.39 Å². The van der Waals surface area contributed by atoms with Crippen molar-refractivity contribution in [1.29, 1.82) is 0 Å². The van der Waals surface area contributed by atoms with Gasteiger partial charge in [-0.05, 0) is 30.0 Å². The summed E-state index contributed by atoms with van der Waals surface area (Å²) in [5.41, 5.74) is 2.10. The molecule has 3 heteroatoms. The molecular weight excluding hydrogens is 209 g/mol. The van der Waals surface area contributed by atoms with Crippen molar-refractivity contribution in [3.05, 3.63) is 35.1 Å². The molecule has 1 spiro atoms. The third-order valence-electron chi connectivity index (χ3n) is 3.36. The molecule has 1 aliphatic carbocycles. The fourth-order valence-electron chi connectivity index (χ4n) is 2.67. The van der Waals surface area contributed by atoms with Gasteiger partial charge < -0.3 is 0 Å². The summed E-state index contributed by atoms with van der Waals surface area (Å²) in [5.74, 6) is -0.0358. The molecular formula is C12H14FNS. The average molecular weight is 223 g/mol. The number of halogens is 1. The zero-order valence-electron chi connectivity index (χ0n) is 8.72. The van der Waals surface area contributed by atoms with E-state index in [-0.39, 0.29) is 10.7 Å². The molecule has 0 radical (unpaired) electrons. The van der Waals surface area contributed by atoms with Crippen LogP contribution >= 0.6 is 11.8 Å². The molecule has 2 aliphatic rings. The van der Waals surface area contributed by atoms with Gasteiger partial charge in [-0.3, -0.25) is 5.32 Å². The second-order valence-corrected chi connectivity index (χ2v) is 6.14. The minimum atomic E-state index is -0.0358. The Labute approximate surface area is 93.4 Å². The van der Waals surface area contributed by atoms with Crippen LogP contribution in [0.25, 0.3) is 0 Å². The Hall–Kier alpha value is -0.540. The molecule has 1 nitrogen and oxygen atoms in total. The van der Waals surface area contributed by atoms with Crippen molar-refractivity contribution < 1.29 is 4.39 Å². The van der Waals surface area contributed by atoms with Gasteiger partial charge in [0.15, 0.2) is 0 Å². The fraction of sp³-hybridized carbons (Fsp3) is 0.500. The molecule has 1 aromatic carbocycles. The highest BCUT2D eigenvalue weighted by atomic mass is 32.2. The Kier molecular flexibility index (Phi) is 2.08. The van der Waals surface area contributed by atoms with Crippen molar-refractivity contribution >= 4 is 11.8 Å². The lowest BCUT2D eigenvalue weighted by Crippen LogP contribution is -2.31. The van der Waals surface area contributed by atoms with E-state index in [1.54, 1.807) is 6.07 Å². The molecule has 1 aliphatic heterocycles. The van der Waals surface area contributed by atoms with Crippen LogP contribution in [0.1, 0.15) is 24.5 Å². The van der Waals surface area contributed by atoms with Gasteiger partial charge in [0, 0.05) is 11.8 Å². The molecule has 3 rings (SSSR count). The average Bonchev–Trinajstić information content (AvgIpc) is 2.75. The first-order valence-electron chi connectivity index (χ1n) is 5.42. The predicted octanol–water partition coefficient (Wildman–Crippen LogP) is 2.65. The topological polar surface area (TPSA) is 12.0 Å². The van der Waals surface area contributed by atoms with Crippen molar-refractivity contribution in [2.75, 3.05) is 6.54 Å². The van der Waals surface area contributed by atoms with Crippen molar-refractivity contribution in [3.8, 4) is 0 Å². The minimum Gasteiger partial charge on any atom is -0.298 e. The van der Waals surface area contributed by atoms with Gasteiger partial charge in [-0.2, -0.15) is 0 Å². The molecule has 1 N–H and O–H groups in total. The summed E-state index contributed by atoms with van der Waals surface area (Å²) in [6, 6.07) is 5.47. The molecule has 1 fully saturated rings. The van der Waals surface area contributed by atoms with Crippen LogP contribution in [0.2, 0.25) is 0 Å². The highest BCUT2D eigenvalue weighted by Crippen LogP contribution is 2.50. The van der Waals surface area contributed by atoms with Gasteiger partial charge in [0.05, 0.1) is 4.87 Å². The number of nitrogens with one attached hydrogen (secondary N) is 1. The number of hydrogen-bond acceptors (Lipinski definition) is 2. The maximum absolute atomic E-state index is 13.6. The van der Waals surface area contributed by atoms with E-state index < -0.39 is 0 Å². The van der Waals surface area contributed by atoms with Crippen LogP contribution < -0.4 is 5.32 Å². The molecule has 0 amide bonds. The first-order valence-corrected chi connectivity index (χ1v) is 6.30. The van der Waals surface area contributed by atoms with E-state index in [0.29, 0.717) is 5.25 Å². The Morgan fingerprint density at radius 1 is 1.53 bits per heavy atom. The Balaban J connectivity index is 2.08. The fourth-order valence-corrected chi connectivity index (χ4v) is 4.23. The second kappa shape index (κ2) is 3.22. The summed E-state index contributed by atoms with van der Waals surface area (Å²) in [5, 5.41) is 4.19. The summed E-state index contributed by atoms with van der Waals surface area (Å²) in [4.78, 5) is 0.0108. The lowest BCUT2D eigenvalue weighted by molar-refractivity contribution is 0.515. The van der Waals surface area contributed by atoms with Gasteiger partial charge in [0.25, 0.3) is 0 Å². The molecule has 0 saturated carbocycles. The molecule has 2 unspecified atom stereocenters. The summed E-state index contributed by atoms with van der Waals surface area (Å²) in [7, 11) is 0. The van der Waals surface area contributed by atoms with Crippen molar-refractivity contribution in [1.82, 2.24) is 5.32 Å². The summed E-state index contributed by atoms with van der Waals surface area (Å²) in [6.07, 6.45) is 1.90. The number of benzene rings is 1. The zero-order valence-corrected chi connectivity index (χ0v) is 9.53. The minimum absolute atomic E-state index is 0.0108. The quantitative estimate of drug-likeness (QED) is 0.725. The normalized spacial score (nSPS) is 33.6. The zero-order chi connectivity index (χ0) is 10.5. The molecule has 80 valence electrons. The van der Waals surface area contributed by atoms with Gasteiger partial charge in [-0.15, -0.1) is 11.8 Å². The third-order valence-corrected chi connectivity index (χ3v) is 4.90. The van der Waals surface area contributed by atoms with Gasteiger partial charge in [-0.1, -0.05) is 19.1 Å². The van der Waals surface area contributed by atoms with Crippen LogP contribution in [0.15, 0.2) is 18.2 Å². The van der Waals surface area contributed by atoms with Gasteiger partial charge in [0.2, 0.25) is 0 Å². The SMILES string of the molecule is CC1CNC2(CCc3c(F)cccc32)S1. The van der Waals surface area contributed by atoms with Crippen LogP contribution in [-0.4, -0.2) is 11.8 Å². The summed E-state index contributed by atoms with van der Waals surface area (Å²) < 4.78 is 13.6. The van der Waals surface area contributed by atoms with Gasteiger partial charge >= 0.3 is 0 Å². The van der Waals surface area contributed by atoms with Crippen LogP contribution in [-0.2, 0) is 11.3 Å². The largest absolute Gasteiger partial charge is 0.298 e. The Morgan fingerprint density at radius 3 is 3.13 bits per heavy atom. The first kappa shape index (κ1) is 9.67. The van der Waals surface area contributed by atoms with Crippen LogP contribution in [0.4, 0.5) is 4.39 Å². The third kappa shape index (κ3) is 1.33. The Bertz CT molecular complexity index is 407. The van der Waals surface area contributed by atoms with E-state index in [1.165, 1.54) is 5.56 Å². The number of rotatable bonds is 0. The first-order chi connectivity index (χ1) is 7.21. The van der Waals surface area contributed by atoms with Crippen LogP contribution in [0.5, 0.6) is 0 Å². The molecule has 0 aromatic heterocycles. The predicted molar refractivity (Wildman–Crippen MR) is 61.5 cm³/mol.